The highest BCUT2D eigenvalue weighted by atomic mass is 16.2. The third kappa shape index (κ3) is 2.20. The van der Waals surface area contributed by atoms with Gasteiger partial charge in [0, 0.05) is 62.8 Å². The minimum absolute atomic E-state index is 0.0642. The van der Waals surface area contributed by atoms with E-state index in [-0.39, 0.29) is 16.7 Å². The minimum atomic E-state index is 0.0642. The second-order valence-corrected chi connectivity index (χ2v) is 8.85. The Bertz CT molecular complexity index is 898. The first-order chi connectivity index (χ1) is 12.9. The maximum absolute atomic E-state index is 13.3. The second kappa shape index (κ2) is 5.42. The molecule has 0 aromatic carbocycles. The summed E-state index contributed by atoms with van der Waals surface area (Å²) >= 11 is 0. The third-order valence-electron chi connectivity index (χ3n) is 6.87. The molecular weight excluding hydrogens is 342 g/mol. The molecule has 8 nitrogen and oxygen atoms in total. The van der Waals surface area contributed by atoms with Gasteiger partial charge < -0.3 is 20.4 Å². The summed E-state index contributed by atoms with van der Waals surface area (Å²) < 4.78 is 1.86. The number of carbonyl (C=O) groups is 1. The van der Waals surface area contributed by atoms with Crippen molar-refractivity contribution in [1.82, 2.24) is 29.2 Å². The molecule has 5 heterocycles. The van der Waals surface area contributed by atoms with Crippen molar-refractivity contribution in [2.24, 2.45) is 10.8 Å². The van der Waals surface area contributed by atoms with Gasteiger partial charge in [-0.3, -0.25) is 9.36 Å². The number of pyridine rings is 1. The molecule has 8 heteroatoms. The molecule has 0 radical (unpaired) electrons. The Labute approximate surface area is 158 Å². The summed E-state index contributed by atoms with van der Waals surface area (Å²) in [5.41, 5.74) is 8.39. The lowest BCUT2D eigenvalue weighted by Gasteiger charge is -2.28. The van der Waals surface area contributed by atoms with Crippen LogP contribution in [-0.2, 0) is 6.54 Å². The Balaban J connectivity index is 1.45. The summed E-state index contributed by atoms with van der Waals surface area (Å²) in [6, 6.07) is 1.84. The summed E-state index contributed by atoms with van der Waals surface area (Å²) in [6.45, 7) is 8.62. The molecule has 2 aromatic heterocycles. The predicted octanol–water partition coefficient (Wildman–Crippen LogP) is 0.353. The lowest BCUT2D eigenvalue weighted by Crippen LogP contribution is -2.40. The van der Waals surface area contributed by atoms with E-state index < -0.39 is 0 Å². The van der Waals surface area contributed by atoms with E-state index in [9.17, 15) is 4.79 Å². The van der Waals surface area contributed by atoms with Crippen molar-refractivity contribution in [2.45, 2.75) is 13.5 Å². The van der Waals surface area contributed by atoms with Crippen LogP contribution in [0.2, 0.25) is 0 Å². The molecule has 1 amide bonds. The number of carbonyl (C=O) groups excluding carboxylic acids is 1. The molecule has 0 aliphatic carbocycles. The molecule has 0 atom stereocenters. The topological polar surface area (TPSA) is 83.5 Å². The zero-order valence-corrected chi connectivity index (χ0v) is 16.3. The van der Waals surface area contributed by atoms with E-state index in [4.69, 9.17) is 5.73 Å². The Hall–Kier alpha value is -2.19. The maximum atomic E-state index is 13.3. The number of hydrogen-bond acceptors (Lipinski definition) is 6. The quantitative estimate of drug-likeness (QED) is 0.823. The van der Waals surface area contributed by atoms with Gasteiger partial charge in [-0.2, -0.15) is 0 Å². The van der Waals surface area contributed by atoms with Crippen LogP contribution in [0.4, 0.5) is 5.95 Å². The van der Waals surface area contributed by atoms with E-state index in [0.29, 0.717) is 23.6 Å². The van der Waals surface area contributed by atoms with Crippen LogP contribution in [0, 0.1) is 10.8 Å². The molecule has 2 N–H and O–H groups in total. The number of rotatable bonds is 2. The molecule has 27 heavy (non-hydrogen) atoms. The van der Waals surface area contributed by atoms with Crippen molar-refractivity contribution in [2.75, 3.05) is 59.1 Å². The second-order valence-electron chi connectivity index (χ2n) is 8.85. The first-order valence-corrected chi connectivity index (χ1v) is 9.65. The number of nitrogen functional groups attached to an aromatic ring is 1. The Morgan fingerprint density at radius 3 is 2.26 bits per heavy atom. The van der Waals surface area contributed by atoms with Crippen LogP contribution in [0.25, 0.3) is 11.2 Å². The molecule has 0 unspecified atom stereocenters. The lowest BCUT2D eigenvalue weighted by molar-refractivity contribution is 0.0737. The first-order valence-electron chi connectivity index (χ1n) is 9.65. The maximum Gasteiger partial charge on any atom is 0.255 e. The average Bonchev–Trinajstić information content (AvgIpc) is 3.21. The van der Waals surface area contributed by atoms with Crippen molar-refractivity contribution in [3.63, 3.8) is 0 Å². The zero-order valence-electron chi connectivity index (χ0n) is 16.3. The zero-order chi connectivity index (χ0) is 19.0. The lowest BCUT2D eigenvalue weighted by atomic mass is 9.71. The van der Waals surface area contributed by atoms with Gasteiger partial charge in [0.1, 0.15) is 5.52 Å². The number of amides is 1. The van der Waals surface area contributed by atoms with E-state index in [1.54, 1.807) is 6.20 Å². The van der Waals surface area contributed by atoms with Gasteiger partial charge >= 0.3 is 0 Å². The summed E-state index contributed by atoms with van der Waals surface area (Å²) in [5.74, 6) is 0.507. The molecule has 3 fully saturated rings. The van der Waals surface area contributed by atoms with Crippen LogP contribution in [0.3, 0.4) is 0 Å². The molecule has 0 saturated carbocycles. The SMILES string of the molecule is CCn1c(N)nc2cc(C(=O)N3CC45CN(C)CC4(CN(C)C5)C3)cnc21. The van der Waals surface area contributed by atoms with Gasteiger partial charge in [0.2, 0.25) is 5.95 Å². The van der Waals surface area contributed by atoms with Gasteiger partial charge in [-0.1, -0.05) is 0 Å². The first kappa shape index (κ1) is 16.9. The van der Waals surface area contributed by atoms with Crippen molar-refractivity contribution in [1.29, 1.82) is 0 Å². The van der Waals surface area contributed by atoms with E-state index >= 15 is 0 Å². The Morgan fingerprint density at radius 1 is 1.11 bits per heavy atom. The van der Waals surface area contributed by atoms with Crippen LogP contribution in [-0.4, -0.2) is 88.5 Å². The molecule has 3 aliphatic rings. The van der Waals surface area contributed by atoms with Gasteiger partial charge in [-0.05, 0) is 27.1 Å². The summed E-state index contributed by atoms with van der Waals surface area (Å²) in [5, 5.41) is 0. The van der Waals surface area contributed by atoms with E-state index in [1.165, 1.54) is 0 Å². The number of nitrogens with two attached hydrogens (primary N) is 1. The van der Waals surface area contributed by atoms with Gasteiger partial charge in [-0.15, -0.1) is 0 Å². The number of hydrogen-bond donors (Lipinski definition) is 1. The number of aromatic nitrogens is 3. The molecule has 3 saturated heterocycles. The molecule has 144 valence electrons. The van der Waals surface area contributed by atoms with E-state index in [2.05, 4.69) is 33.9 Å². The van der Waals surface area contributed by atoms with Crippen LogP contribution in [0.1, 0.15) is 17.3 Å². The van der Waals surface area contributed by atoms with Crippen molar-refractivity contribution < 1.29 is 4.79 Å². The number of imidazole rings is 1. The Kier molecular flexibility index (Phi) is 3.40. The highest BCUT2D eigenvalue weighted by Crippen LogP contribution is 2.56. The largest absolute Gasteiger partial charge is 0.369 e. The third-order valence-corrected chi connectivity index (χ3v) is 6.87. The molecule has 3 aliphatic heterocycles. The summed E-state index contributed by atoms with van der Waals surface area (Å²) in [6.07, 6.45) is 1.68. The highest BCUT2D eigenvalue weighted by Gasteiger charge is 2.66. The van der Waals surface area contributed by atoms with Crippen molar-refractivity contribution in [3.8, 4) is 0 Å². The minimum Gasteiger partial charge on any atom is -0.369 e. The van der Waals surface area contributed by atoms with Crippen LogP contribution < -0.4 is 5.73 Å². The number of likely N-dealkylation sites (tertiary alicyclic amines) is 3. The fraction of sp³-hybridized carbons (Fsp3) is 0.632. The van der Waals surface area contributed by atoms with Crippen molar-refractivity contribution >= 4 is 23.0 Å². The molecule has 2 aromatic rings. The van der Waals surface area contributed by atoms with Gasteiger partial charge in [0.25, 0.3) is 5.91 Å². The molecular formula is C19H27N7O. The number of anilines is 1. The molecule has 0 bridgehead atoms. The smallest absolute Gasteiger partial charge is 0.255 e. The number of aryl methyl sites for hydroxylation is 1. The normalized spacial score (nSPS) is 31.0. The van der Waals surface area contributed by atoms with Crippen LogP contribution >= 0.6 is 0 Å². The highest BCUT2D eigenvalue weighted by molar-refractivity contribution is 5.97. The fourth-order valence-electron chi connectivity index (χ4n) is 6.05. The van der Waals surface area contributed by atoms with Crippen molar-refractivity contribution in [3.05, 3.63) is 17.8 Å². The van der Waals surface area contributed by atoms with Crippen LogP contribution in [0.15, 0.2) is 12.3 Å². The summed E-state index contributed by atoms with van der Waals surface area (Å²) in [4.78, 5) is 29.0. The van der Waals surface area contributed by atoms with E-state index in [1.807, 2.05) is 22.5 Å². The number of nitrogens with zero attached hydrogens (tertiary/aromatic N) is 6. The Morgan fingerprint density at radius 2 is 1.70 bits per heavy atom. The predicted molar refractivity (Wildman–Crippen MR) is 103 cm³/mol. The van der Waals surface area contributed by atoms with Gasteiger partial charge in [0.15, 0.2) is 5.65 Å². The van der Waals surface area contributed by atoms with Crippen LogP contribution in [0.5, 0.6) is 0 Å². The monoisotopic (exact) mass is 369 g/mol. The number of fused-ring (bicyclic) bond motifs is 1. The van der Waals surface area contributed by atoms with Gasteiger partial charge in [-0.25, -0.2) is 9.97 Å². The fourth-order valence-corrected chi connectivity index (χ4v) is 6.05. The molecule has 0 spiro atoms. The molecule has 5 rings (SSSR count). The van der Waals surface area contributed by atoms with E-state index in [0.717, 1.165) is 44.9 Å². The van der Waals surface area contributed by atoms with Gasteiger partial charge in [0.05, 0.1) is 5.56 Å². The standard InChI is InChI=1S/C19H27N7O/c1-4-26-15-14(22-17(26)20)5-13(6-21-15)16(27)25-11-18-7-23(2)8-19(18,12-25)10-24(3)9-18/h5-6H,4,7-12H2,1-3H3,(H2,20,22). The average molecular weight is 369 g/mol. The summed E-state index contributed by atoms with van der Waals surface area (Å²) in [7, 11) is 4.40.